The molecule has 0 saturated heterocycles. The summed E-state index contributed by atoms with van der Waals surface area (Å²) in [4.78, 5) is 10.3. The fraction of sp³-hybridized carbons (Fsp3) is 0.0811. The van der Waals surface area contributed by atoms with Crippen LogP contribution >= 0.6 is 0 Å². The van der Waals surface area contributed by atoms with Gasteiger partial charge in [0.15, 0.2) is 17.2 Å². The van der Waals surface area contributed by atoms with Gasteiger partial charge < -0.3 is 4.42 Å². The molecule has 0 saturated carbocycles. The highest BCUT2D eigenvalue weighted by molar-refractivity contribution is 6.18. The highest BCUT2D eigenvalue weighted by Gasteiger charge is 2.37. The van der Waals surface area contributed by atoms with Crippen LogP contribution in [0.1, 0.15) is 25.0 Å². The molecule has 0 aliphatic heterocycles. The first-order valence-corrected chi connectivity index (χ1v) is 14.0. The Kier molecular flexibility index (Phi) is 4.36. The molecule has 4 nitrogen and oxygen atoms in total. The zero-order valence-electron chi connectivity index (χ0n) is 22.7. The van der Waals surface area contributed by atoms with Gasteiger partial charge in [0.05, 0.1) is 11.0 Å². The van der Waals surface area contributed by atoms with E-state index in [2.05, 4.69) is 97.3 Å². The first-order chi connectivity index (χ1) is 20.1. The third-order valence-electron chi connectivity index (χ3n) is 8.83. The molecule has 4 heteroatoms. The summed E-state index contributed by atoms with van der Waals surface area (Å²) in [5.41, 5.74) is 10.8. The second-order valence-corrected chi connectivity index (χ2v) is 11.4. The quantitative estimate of drug-likeness (QED) is 0.225. The van der Waals surface area contributed by atoms with Crippen molar-refractivity contribution in [3.05, 3.63) is 126 Å². The average molecular weight is 528 g/mol. The van der Waals surface area contributed by atoms with E-state index < -0.39 is 0 Å². The fourth-order valence-corrected chi connectivity index (χ4v) is 6.92. The molecule has 0 atom stereocenters. The van der Waals surface area contributed by atoms with Crippen molar-refractivity contribution in [3.63, 3.8) is 0 Å². The van der Waals surface area contributed by atoms with Crippen LogP contribution in [0.25, 0.3) is 72.2 Å². The van der Waals surface area contributed by atoms with Crippen LogP contribution in [0.4, 0.5) is 0 Å². The molecule has 0 fully saturated rings. The standard InChI is InChI=1S/C37H25N3O/c1-37(2)26-17-9-6-14-23(26)31-27(37)20-21-29-32(31)24-15-7-10-18-28(24)40(29)36-34-33(25-16-8-11-19-30(25)41-34)38-35(39-36)22-12-4-3-5-13-22/h3-21H,1-2H3. The summed E-state index contributed by atoms with van der Waals surface area (Å²) in [7, 11) is 0. The van der Waals surface area contributed by atoms with E-state index in [4.69, 9.17) is 14.4 Å². The summed E-state index contributed by atoms with van der Waals surface area (Å²) in [6.07, 6.45) is 0. The van der Waals surface area contributed by atoms with Gasteiger partial charge >= 0.3 is 0 Å². The molecule has 194 valence electrons. The van der Waals surface area contributed by atoms with Crippen LogP contribution < -0.4 is 0 Å². The predicted octanol–water partition coefficient (Wildman–Crippen LogP) is 9.45. The normalized spacial score (nSPS) is 13.8. The van der Waals surface area contributed by atoms with Crippen LogP contribution in [-0.2, 0) is 5.41 Å². The van der Waals surface area contributed by atoms with E-state index in [1.54, 1.807) is 0 Å². The third kappa shape index (κ3) is 2.94. The van der Waals surface area contributed by atoms with Gasteiger partial charge in [-0.25, -0.2) is 9.97 Å². The summed E-state index contributed by atoms with van der Waals surface area (Å²) in [5.74, 6) is 1.43. The lowest BCUT2D eigenvalue weighted by molar-refractivity contribution is 0.660. The van der Waals surface area contributed by atoms with Gasteiger partial charge in [0.1, 0.15) is 11.1 Å². The summed E-state index contributed by atoms with van der Waals surface area (Å²) < 4.78 is 8.81. The van der Waals surface area contributed by atoms with Gasteiger partial charge in [-0.3, -0.25) is 4.57 Å². The van der Waals surface area contributed by atoms with Gasteiger partial charge in [-0.1, -0.05) is 105 Å². The Labute approximate surface area is 236 Å². The highest BCUT2D eigenvalue weighted by atomic mass is 16.3. The molecule has 0 bridgehead atoms. The van der Waals surface area contributed by atoms with E-state index in [-0.39, 0.29) is 5.41 Å². The van der Waals surface area contributed by atoms with E-state index in [0.29, 0.717) is 11.4 Å². The minimum atomic E-state index is -0.0787. The smallest absolute Gasteiger partial charge is 0.197 e. The maximum absolute atomic E-state index is 6.53. The van der Waals surface area contributed by atoms with Crippen LogP contribution in [-0.4, -0.2) is 14.5 Å². The zero-order valence-corrected chi connectivity index (χ0v) is 22.7. The van der Waals surface area contributed by atoms with Crippen molar-refractivity contribution in [1.29, 1.82) is 0 Å². The molecular weight excluding hydrogens is 502 g/mol. The Bertz CT molecular complexity index is 2340. The Morgan fingerprint density at radius 2 is 1.37 bits per heavy atom. The molecule has 3 aromatic heterocycles. The van der Waals surface area contributed by atoms with Crippen molar-refractivity contribution in [1.82, 2.24) is 14.5 Å². The van der Waals surface area contributed by atoms with E-state index in [9.17, 15) is 0 Å². The molecule has 8 aromatic rings. The predicted molar refractivity (Wildman–Crippen MR) is 167 cm³/mol. The Balaban J connectivity index is 1.47. The van der Waals surface area contributed by atoms with Crippen molar-refractivity contribution in [2.75, 3.05) is 0 Å². The van der Waals surface area contributed by atoms with Gasteiger partial charge in [-0.15, -0.1) is 0 Å². The number of furan rings is 1. The lowest BCUT2D eigenvalue weighted by Gasteiger charge is -2.21. The Hall–Kier alpha value is -5.22. The van der Waals surface area contributed by atoms with Crippen LogP contribution in [0.2, 0.25) is 0 Å². The van der Waals surface area contributed by atoms with Gasteiger partial charge in [0.25, 0.3) is 0 Å². The van der Waals surface area contributed by atoms with Gasteiger partial charge in [0.2, 0.25) is 0 Å². The molecule has 0 N–H and O–H groups in total. The van der Waals surface area contributed by atoms with E-state index >= 15 is 0 Å². The largest absolute Gasteiger partial charge is 0.450 e. The minimum Gasteiger partial charge on any atom is -0.450 e. The van der Waals surface area contributed by atoms with Crippen molar-refractivity contribution in [3.8, 4) is 28.3 Å². The number of hydrogen-bond acceptors (Lipinski definition) is 3. The van der Waals surface area contributed by atoms with Gasteiger partial charge in [-0.05, 0) is 46.5 Å². The second-order valence-electron chi connectivity index (χ2n) is 11.4. The van der Waals surface area contributed by atoms with E-state index in [1.807, 2.05) is 36.4 Å². The highest BCUT2D eigenvalue weighted by Crippen LogP contribution is 2.53. The van der Waals surface area contributed by atoms with Gasteiger partial charge in [0, 0.05) is 27.1 Å². The SMILES string of the molecule is CC1(C)c2ccccc2-c2c1ccc1c2c2ccccc2n1-c1nc(-c2ccccc2)nc2c1oc1ccccc12. The molecule has 9 rings (SSSR count). The lowest BCUT2D eigenvalue weighted by atomic mass is 9.82. The molecule has 0 unspecified atom stereocenters. The fourth-order valence-electron chi connectivity index (χ4n) is 6.92. The van der Waals surface area contributed by atoms with Crippen molar-refractivity contribution in [2.24, 2.45) is 0 Å². The molecule has 41 heavy (non-hydrogen) atoms. The Morgan fingerprint density at radius 3 is 2.24 bits per heavy atom. The van der Waals surface area contributed by atoms with E-state index in [1.165, 1.54) is 33.0 Å². The van der Waals surface area contributed by atoms with Crippen LogP contribution in [0, 0.1) is 0 Å². The van der Waals surface area contributed by atoms with Crippen molar-refractivity contribution < 1.29 is 4.42 Å². The second kappa shape index (κ2) is 7.92. The maximum Gasteiger partial charge on any atom is 0.197 e. The Morgan fingerprint density at radius 1 is 0.634 bits per heavy atom. The molecule has 0 radical (unpaired) electrons. The number of benzene rings is 5. The molecular formula is C37H25N3O. The van der Waals surface area contributed by atoms with Crippen LogP contribution in [0.5, 0.6) is 0 Å². The van der Waals surface area contributed by atoms with Crippen LogP contribution in [0.3, 0.4) is 0 Å². The minimum absolute atomic E-state index is 0.0787. The van der Waals surface area contributed by atoms with Crippen LogP contribution in [0.15, 0.2) is 120 Å². The summed E-state index contributed by atoms with van der Waals surface area (Å²) >= 11 is 0. The molecule has 1 aliphatic carbocycles. The molecule has 5 aromatic carbocycles. The first kappa shape index (κ1) is 22.6. The molecule has 0 spiro atoms. The van der Waals surface area contributed by atoms with Crippen molar-refractivity contribution in [2.45, 2.75) is 19.3 Å². The number of rotatable bonds is 2. The number of aromatic nitrogens is 3. The summed E-state index contributed by atoms with van der Waals surface area (Å²) in [5, 5.41) is 3.44. The average Bonchev–Trinajstić information content (AvgIpc) is 3.63. The van der Waals surface area contributed by atoms with Gasteiger partial charge in [-0.2, -0.15) is 0 Å². The monoisotopic (exact) mass is 527 g/mol. The third-order valence-corrected chi connectivity index (χ3v) is 8.83. The number of nitrogens with zero attached hydrogens (tertiary/aromatic N) is 3. The first-order valence-electron chi connectivity index (χ1n) is 14.0. The molecule has 3 heterocycles. The number of hydrogen-bond donors (Lipinski definition) is 0. The van der Waals surface area contributed by atoms with Crippen molar-refractivity contribution >= 4 is 43.9 Å². The van der Waals surface area contributed by atoms with E-state index in [0.717, 1.165) is 38.9 Å². The lowest BCUT2D eigenvalue weighted by Crippen LogP contribution is -2.14. The molecule has 0 amide bonds. The number of fused-ring (bicyclic) bond motifs is 10. The summed E-state index contributed by atoms with van der Waals surface area (Å²) in [6.45, 7) is 4.66. The topological polar surface area (TPSA) is 43.9 Å². The summed E-state index contributed by atoms with van der Waals surface area (Å²) in [6, 6.07) is 40.4. The maximum atomic E-state index is 6.53. The number of para-hydroxylation sites is 2. The molecule has 1 aliphatic rings. The zero-order chi connectivity index (χ0) is 27.3.